The lowest BCUT2D eigenvalue weighted by Crippen LogP contribution is -2.34. The second-order valence-electron chi connectivity index (χ2n) is 6.98. The third-order valence-corrected chi connectivity index (χ3v) is 5.66. The maximum absolute atomic E-state index is 13.4. The van der Waals surface area contributed by atoms with Gasteiger partial charge in [0.2, 0.25) is 0 Å². The molecule has 4 rings (SSSR count). The smallest absolute Gasteiger partial charge is 0.285 e. The van der Waals surface area contributed by atoms with Crippen LogP contribution in [0.5, 0.6) is 0 Å². The molecule has 0 amide bonds. The first-order chi connectivity index (χ1) is 13.4. The number of fused-ring (bicyclic) bond motifs is 1. The largest absolute Gasteiger partial charge is 0.364 e. The van der Waals surface area contributed by atoms with Crippen molar-refractivity contribution >= 4 is 17.3 Å². The number of benzene rings is 1. The van der Waals surface area contributed by atoms with Crippen molar-refractivity contribution in [3.63, 3.8) is 0 Å². The predicted octanol–water partition coefficient (Wildman–Crippen LogP) is 2.53. The molecule has 7 nitrogen and oxygen atoms in total. The molecule has 0 bridgehead atoms. The Morgan fingerprint density at radius 3 is 2.82 bits per heavy atom. The fourth-order valence-corrected chi connectivity index (χ4v) is 4.05. The summed E-state index contributed by atoms with van der Waals surface area (Å²) in [6.45, 7) is 4.74. The number of aromatic nitrogens is 4. The SMILES string of the molecule is Cc1cc(F)ccc1[C@H](C)n1[nH]c(=O)c2c1CCN(c1cn[nH]c(=O)c1Cl)C2. The zero-order chi connectivity index (χ0) is 20.0. The Labute approximate surface area is 164 Å². The number of rotatable bonds is 3. The molecule has 0 saturated heterocycles. The van der Waals surface area contributed by atoms with Crippen LogP contribution in [0, 0.1) is 12.7 Å². The molecule has 3 aromatic rings. The molecule has 0 aliphatic carbocycles. The molecule has 0 radical (unpaired) electrons. The molecule has 1 aliphatic rings. The minimum absolute atomic E-state index is 0.0598. The Morgan fingerprint density at radius 2 is 2.07 bits per heavy atom. The fourth-order valence-electron chi connectivity index (χ4n) is 3.84. The van der Waals surface area contributed by atoms with Gasteiger partial charge < -0.3 is 4.90 Å². The zero-order valence-electron chi connectivity index (χ0n) is 15.4. The number of aromatic amines is 2. The van der Waals surface area contributed by atoms with E-state index in [4.69, 9.17) is 11.6 Å². The van der Waals surface area contributed by atoms with Crippen LogP contribution < -0.4 is 16.0 Å². The van der Waals surface area contributed by atoms with Crippen LogP contribution in [0.4, 0.5) is 10.1 Å². The molecule has 0 fully saturated rings. The number of H-pyrrole nitrogens is 2. The van der Waals surface area contributed by atoms with Gasteiger partial charge in [0.1, 0.15) is 10.8 Å². The van der Waals surface area contributed by atoms with Crippen LogP contribution in [0.15, 0.2) is 34.0 Å². The van der Waals surface area contributed by atoms with E-state index in [1.165, 1.54) is 18.3 Å². The van der Waals surface area contributed by atoms with Crippen LogP contribution in [-0.2, 0) is 13.0 Å². The molecule has 0 saturated carbocycles. The van der Waals surface area contributed by atoms with E-state index in [-0.39, 0.29) is 22.4 Å². The molecular weight excluding hydrogens is 385 g/mol. The normalized spacial score (nSPS) is 14.8. The highest BCUT2D eigenvalue weighted by atomic mass is 35.5. The Bertz CT molecular complexity index is 1170. The van der Waals surface area contributed by atoms with Crippen LogP contribution in [0.25, 0.3) is 0 Å². The van der Waals surface area contributed by atoms with Gasteiger partial charge in [-0.15, -0.1) is 0 Å². The van der Waals surface area contributed by atoms with Gasteiger partial charge in [-0.1, -0.05) is 17.7 Å². The summed E-state index contributed by atoms with van der Waals surface area (Å²) in [5.41, 5.74) is 3.18. The summed E-state index contributed by atoms with van der Waals surface area (Å²) >= 11 is 6.11. The first kappa shape index (κ1) is 18.5. The molecule has 9 heteroatoms. The topological polar surface area (TPSA) is 86.8 Å². The minimum atomic E-state index is -0.461. The van der Waals surface area contributed by atoms with Crippen LogP contribution in [0.2, 0.25) is 5.02 Å². The summed E-state index contributed by atoms with van der Waals surface area (Å²) < 4.78 is 15.3. The molecule has 1 aliphatic heterocycles. The number of anilines is 1. The monoisotopic (exact) mass is 403 g/mol. The highest BCUT2D eigenvalue weighted by Crippen LogP contribution is 2.29. The molecule has 28 heavy (non-hydrogen) atoms. The average molecular weight is 404 g/mol. The number of hydrogen-bond acceptors (Lipinski definition) is 4. The summed E-state index contributed by atoms with van der Waals surface area (Å²) in [6, 6.07) is 4.52. The Kier molecular flexibility index (Phi) is 4.58. The molecule has 2 aromatic heterocycles. The lowest BCUT2D eigenvalue weighted by molar-refractivity contribution is 0.522. The van der Waals surface area contributed by atoms with Crippen molar-refractivity contribution in [1.82, 2.24) is 20.0 Å². The number of halogens is 2. The minimum Gasteiger partial charge on any atom is -0.364 e. The van der Waals surface area contributed by atoms with Crippen LogP contribution >= 0.6 is 11.6 Å². The van der Waals surface area contributed by atoms with Crippen molar-refractivity contribution in [2.75, 3.05) is 11.4 Å². The van der Waals surface area contributed by atoms with Crippen LogP contribution in [0.1, 0.15) is 35.3 Å². The first-order valence-electron chi connectivity index (χ1n) is 8.93. The van der Waals surface area contributed by atoms with Crippen molar-refractivity contribution in [1.29, 1.82) is 0 Å². The van der Waals surface area contributed by atoms with Gasteiger partial charge in [0.15, 0.2) is 0 Å². The van der Waals surface area contributed by atoms with Crippen molar-refractivity contribution in [3.05, 3.63) is 78.3 Å². The predicted molar refractivity (Wildman–Crippen MR) is 105 cm³/mol. The second-order valence-corrected chi connectivity index (χ2v) is 7.36. The van der Waals surface area contributed by atoms with Crippen molar-refractivity contribution < 1.29 is 4.39 Å². The maximum Gasteiger partial charge on any atom is 0.285 e. The quantitative estimate of drug-likeness (QED) is 0.703. The molecule has 1 atom stereocenters. The average Bonchev–Trinajstić information content (AvgIpc) is 3.00. The van der Waals surface area contributed by atoms with E-state index in [9.17, 15) is 14.0 Å². The summed E-state index contributed by atoms with van der Waals surface area (Å²) in [6.07, 6.45) is 2.09. The van der Waals surface area contributed by atoms with E-state index in [0.29, 0.717) is 30.8 Å². The summed E-state index contributed by atoms with van der Waals surface area (Å²) in [5.74, 6) is -0.282. The van der Waals surface area contributed by atoms with Crippen molar-refractivity contribution in [2.24, 2.45) is 0 Å². The second kappa shape index (κ2) is 6.94. The lowest BCUT2D eigenvalue weighted by atomic mass is 10.0. The Morgan fingerprint density at radius 1 is 1.29 bits per heavy atom. The van der Waals surface area contributed by atoms with Gasteiger partial charge in [0.25, 0.3) is 11.1 Å². The van der Waals surface area contributed by atoms with Gasteiger partial charge in [-0.05, 0) is 37.1 Å². The first-order valence-corrected chi connectivity index (χ1v) is 9.31. The molecule has 0 unspecified atom stereocenters. The standard InChI is InChI=1S/C19H19ClFN5O2/c1-10-7-12(21)3-4-13(10)11(2)26-15-5-6-25(9-14(15)18(27)24-26)16-8-22-23-19(28)17(16)20/h3-4,7-8,11H,5-6,9H2,1-2H3,(H,23,28)(H,24,27)/t11-/m0/s1. The van der Waals surface area contributed by atoms with E-state index < -0.39 is 5.56 Å². The lowest BCUT2D eigenvalue weighted by Gasteiger charge is -2.30. The van der Waals surface area contributed by atoms with Crippen LogP contribution in [0.3, 0.4) is 0 Å². The molecule has 146 valence electrons. The van der Waals surface area contributed by atoms with Gasteiger partial charge in [-0.2, -0.15) is 5.10 Å². The number of hydrogen-bond donors (Lipinski definition) is 2. The summed E-state index contributed by atoms with van der Waals surface area (Å²) in [5, 5.41) is 9.07. The third-order valence-electron chi connectivity index (χ3n) is 5.29. The maximum atomic E-state index is 13.4. The molecule has 1 aromatic carbocycles. The van der Waals surface area contributed by atoms with Gasteiger partial charge in [0.05, 0.1) is 30.0 Å². The Hall–Kier alpha value is -2.87. The van der Waals surface area contributed by atoms with E-state index in [0.717, 1.165) is 16.8 Å². The highest BCUT2D eigenvalue weighted by Gasteiger charge is 2.27. The van der Waals surface area contributed by atoms with E-state index in [2.05, 4.69) is 15.3 Å². The van der Waals surface area contributed by atoms with Gasteiger partial charge in [-0.3, -0.25) is 19.4 Å². The van der Waals surface area contributed by atoms with Crippen molar-refractivity contribution in [3.8, 4) is 0 Å². The zero-order valence-corrected chi connectivity index (χ0v) is 16.2. The number of nitrogens with one attached hydrogen (secondary N) is 2. The Balaban J connectivity index is 1.70. The van der Waals surface area contributed by atoms with Gasteiger partial charge >= 0.3 is 0 Å². The fraction of sp³-hybridized carbons (Fsp3) is 0.316. The van der Waals surface area contributed by atoms with Gasteiger partial charge in [-0.25, -0.2) is 9.49 Å². The van der Waals surface area contributed by atoms with Crippen LogP contribution in [-0.4, -0.2) is 26.5 Å². The van der Waals surface area contributed by atoms with Gasteiger partial charge in [0, 0.05) is 18.7 Å². The summed E-state index contributed by atoms with van der Waals surface area (Å²) in [4.78, 5) is 26.2. The molecular formula is C19H19ClFN5O2. The van der Waals surface area contributed by atoms with E-state index >= 15 is 0 Å². The van der Waals surface area contributed by atoms with E-state index in [1.54, 1.807) is 6.07 Å². The number of aryl methyl sites for hydroxylation is 1. The molecule has 2 N–H and O–H groups in total. The summed E-state index contributed by atoms with van der Waals surface area (Å²) in [7, 11) is 0. The molecule has 3 heterocycles. The van der Waals surface area contributed by atoms with E-state index in [1.807, 2.05) is 23.4 Å². The number of nitrogens with zero attached hydrogens (tertiary/aromatic N) is 3. The highest BCUT2D eigenvalue weighted by molar-refractivity contribution is 6.32. The molecule has 0 spiro atoms. The third kappa shape index (κ3) is 3.03. The van der Waals surface area contributed by atoms with Crippen molar-refractivity contribution in [2.45, 2.75) is 32.9 Å².